The van der Waals surface area contributed by atoms with Gasteiger partial charge in [-0.05, 0) is 12.1 Å². The zero-order chi connectivity index (χ0) is 13.7. The molecular formula is C12H13ClN4O2. The molecule has 0 atom stereocenters. The van der Waals surface area contributed by atoms with Crippen LogP contribution in [0.4, 0.5) is 4.79 Å². The fourth-order valence-corrected chi connectivity index (χ4v) is 1.68. The number of H-pyrrole nitrogens is 1. The number of aromatic nitrogens is 1. The second-order valence-corrected chi connectivity index (χ2v) is 4.17. The van der Waals surface area contributed by atoms with Crippen LogP contribution in [0.25, 0.3) is 10.9 Å². The molecule has 6 nitrogen and oxygen atoms in total. The summed E-state index contributed by atoms with van der Waals surface area (Å²) in [5, 5.41) is 3.39. The predicted octanol–water partition coefficient (Wildman–Crippen LogP) is 1.35. The lowest BCUT2D eigenvalue weighted by atomic mass is 10.2. The van der Waals surface area contributed by atoms with Crippen molar-refractivity contribution in [2.24, 2.45) is 0 Å². The maximum absolute atomic E-state index is 11.8. The molecule has 1 aromatic carbocycles. The second kappa shape index (κ2) is 6.10. The Kier molecular flexibility index (Phi) is 4.25. The fraction of sp³-hybridized carbons (Fsp3) is 0.167. The van der Waals surface area contributed by atoms with Crippen molar-refractivity contribution >= 4 is 34.4 Å². The standard InChI is InChI=1S/C12H13ClN4O2/c13-5-6-14-12(19)17-16-11(18)10-7-8-3-1-2-4-9(8)15-10/h1-4,7,15H,5-6H2,(H,16,18)(H2,14,17,19). The molecule has 4 N–H and O–H groups in total. The van der Waals surface area contributed by atoms with Crippen LogP contribution in [0.2, 0.25) is 0 Å². The van der Waals surface area contributed by atoms with Crippen LogP contribution in [0, 0.1) is 0 Å². The number of rotatable bonds is 3. The normalized spacial score (nSPS) is 10.2. The molecule has 0 fully saturated rings. The van der Waals surface area contributed by atoms with E-state index in [-0.39, 0.29) is 0 Å². The summed E-state index contributed by atoms with van der Waals surface area (Å²) in [5.74, 6) is -0.110. The van der Waals surface area contributed by atoms with E-state index in [9.17, 15) is 9.59 Å². The van der Waals surface area contributed by atoms with Crippen molar-refractivity contribution in [3.63, 3.8) is 0 Å². The van der Waals surface area contributed by atoms with Gasteiger partial charge in [0, 0.05) is 23.3 Å². The van der Waals surface area contributed by atoms with Gasteiger partial charge in [0.1, 0.15) is 5.69 Å². The zero-order valence-electron chi connectivity index (χ0n) is 10.00. The quantitative estimate of drug-likeness (QED) is 0.505. The van der Waals surface area contributed by atoms with Gasteiger partial charge in [-0.1, -0.05) is 18.2 Å². The number of aromatic amines is 1. The van der Waals surface area contributed by atoms with E-state index in [4.69, 9.17) is 11.6 Å². The highest BCUT2D eigenvalue weighted by Gasteiger charge is 2.09. The molecule has 19 heavy (non-hydrogen) atoms. The van der Waals surface area contributed by atoms with E-state index in [1.165, 1.54) is 0 Å². The van der Waals surface area contributed by atoms with E-state index in [0.717, 1.165) is 10.9 Å². The van der Waals surface area contributed by atoms with Crippen molar-refractivity contribution < 1.29 is 9.59 Å². The van der Waals surface area contributed by atoms with E-state index in [1.807, 2.05) is 24.3 Å². The molecule has 7 heteroatoms. The Labute approximate surface area is 114 Å². The zero-order valence-corrected chi connectivity index (χ0v) is 10.8. The van der Waals surface area contributed by atoms with Crippen LogP contribution in [0.3, 0.4) is 0 Å². The monoisotopic (exact) mass is 280 g/mol. The summed E-state index contributed by atoms with van der Waals surface area (Å²) in [6, 6.07) is 8.72. The van der Waals surface area contributed by atoms with Crippen molar-refractivity contribution in [1.82, 2.24) is 21.2 Å². The number of amides is 3. The largest absolute Gasteiger partial charge is 0.350 e. The number of alkyl halides is 1. The van der Waals surface area contributed by atoms with Crippen molar-refractivity contribution in [3.8, 4) is 0 Å². The minimum Gasteiger partial charge on any atom is -0.350 e. The molecule has 0 aliphatic carbocycles. The topological polar surface area (TPSA) is 86.0 Å². The predicted molar refractivity (Wildman–Crippen MR) is 73.0 cm³/mol. The molecule has 0 bridgehead atoms. The van der Waals surface area contributed by atoms with Crippen molar-refractivity contribution in [2.75, 3.05) is 12.4 Å². The second-order valence-electron chi connectivity index (χ2n) is 3.79. The molecule has 1 aromatic heterocycles. The van der Waals surface area contributed by atoms with Gasteiger partial charge in [-0.15, -0.1) is 11.6 Å². The van der Waals surface area contributed by atoms with Gasteiger partial charge in [0.15, 0.2) is 0 Å². The number of halogens is 1. The Morgan fingerprint density at radius 1 is 1.21 bits per heavy atom. The lowest BCUT2D eigenvalue weighted by Crippen LogP contribution is -2.47. The summed E-state index contributed by atoms with van der Waals surface area (Å²) >= 11 is 5.41. The van der Waals surface area contributed by atoms with Gasteiger partial charge < -0.3 is 10.3 Å². The molecule has 3 amide bonds. The lowest BCUT2D eigenvalue weighted by molar-refractivity contribution is 0.0932. The number of para-hydroxylation sites is 1. The molecule has 0 aliphatic heterocycles. The van der Waals surface area contributed by atoms with Gasteiger partial charge in [0.05, 0.1) is 0 Å². The van der Waals surface area contributed by atoms with E-state index in [0.29, 0.717) is 18.1 Å². The number of nitrogens with one attached hydrogen (secondary N) is 4. The van der Waals surface area contributed by atoms with Gasteiger partial charge in [0.25, 0.3) is 5.91 Å². The average Bonchev–Trinajstić information content (AvgIpc) is 2.86. The summed E-state index contributed by atoms with van der Waals surface area (Å²) in [4.78, 5) is 25.9. The molecule has 0 aliphatic rings. The van der Waals surface area contributed by atoms with Gasteiger partial charge in [-0.25, -0.2) is 10.2 Å². The Morgan fingerprint density at radius 3 is 2.74 bits per heavy atom. The number of hydrogen-bond acceptors (Lipinski definition) is 2. The third kappa shape index (κ3) is 3.38. The molecule has 100 valence electrons. The molecule has 2 aromatic rings. The average molecular weight is 281 g/mol. The van der Waals surface area contributed by atoms with Crippen LogP contribution < -0.4 is 16.2 Å². The molecule has 0 unspecified atom stereocenters. The first-order valence-corrected chi connectivity index (χ1v) is 6.22. The Morgan fingerprint density at radius 2 is 2.00 bits per heavy atom. The van der Waals surface area contributed by atoms with Crippen LogP contribution in [-0.4, -0.2) is 29.3 Å². The van der Waals surface area contributed by atoms with Gasteiger partial charge in [-0.2, -0.15) is 0 Å². The van der Waals surface area contributed by atoms with Crippen LogP contribution in [0.15, 0.2) is 30.3 Å². The first-order valence-electron chi connectivity index (χ1n) is 5.68. The third-order valence-corrected chi connectivity index (χ3v) is 2.63. The number of hydrogen-bond donors (Lipinski definition) is 4. The van der Waals surface area contributed by atoms with E-state index in [2.05, 4.69) is 21.2 Å². The minimum absolute atomic E-state index is 0.309. The molecule has 1 heterocycles. The summed E-state index contributed by atoms with van der Waals surface area (Å²) in [7, 11) is 0. The Bertz CT molecular complexity index is 563. The lowest BCUT2D eigenvalue weighted by Gasteiger charge is -2.06. The molecule has 2 rings (SSSR count). The molecule has 0 saturated carbocycles. The maximum atomic E-state index is 11.8. The first-order chi connectivity index (χ1) is 9.20. The van der Waals surface area contributed by atoms with Crippen molar-refractivity contribution in [3.05, 3.63) is 36.0 Å². The molecule has 0 saturated heterocycles. The van der Waals surface area contributed by atoms with Gasteiger partial charge in [-0.3, -0.25) is 10.2 Å². The summed E-state index contributed by atoms with van der Waals surface area (Å²) in [6.07, 6.45) is 0. The number of fused-ring (bicyclic) bond motifs is 1. The number of hydrazine groups is 1. The van der Waals surface area contributed by atoms with E-state index < -0.39 is 11.9 Å². The highest BCUT2D eigenvalue weighted by Crippen LogP contribution is 2.14. The summed E-state index contributed by atoms with van der Waals surface area (Å²) in [5.41, 5.74) is 5.76. The summed E-state index contributed by atoms with van der Waals surface area (Å²) in [6.45, 7) is 0.329. The van der Waals surface area contributed by atoms with Crippen molar-refractivity contribution in [2.45, 2.75) is 0 Å². The SMILES string of the molecule is O=C(NCCCl)NNC(=O)c1cc2ccccc2[nH]1. The fourth-order valence-electron chi connectivity index (χ4n) is 1.58. The Hall–Kier alpha value is -2.21. The van der Waals surface area contributed by atoms with Gasteiger partial charge in [0.2, 0.25) is 0 Å². The Balaban J connectivity index is 1.94. The smallest absolute Gasteiger partial charge is 0.333 e. The van der Waals surface area contributed by atoms with E-state index >= 15 is 0 Å². The van der Waals surface area contributed by atoms with Crippen LogP contribution in [-0.2, 0) is 0 Å². The van der Waals surface area contributed by atoms with Crippen LogP contribution in [0.5, 0.6) is 0 Å². The molecule has 0 spiro atoms. The third-order valence-electron chi connectivity index (χ3n) is 2.44. The highest BCUT2D eigenvalue weighted by molar-refractivity contribution is 6.18. The first kappa shape index (κ1) is 13.2. The summed E-state index contributed by atoms with van der Waals surface area (Å²) < 4.78 is 0. The number of urea groups is 1. The van der Waals surface area contributed by atoms with Gasteiger partial charge >= 0.3 is 6.03 Å². The van der Waals surface area contributed by atoms with E-state index in [1.54, 1.807) is 6.07 Å². The van der Waals surface area contributed by atoms with Crippen molar-refractivity contribution in [1.29, 1.82) is 0 Å². The van der Waals surface area contributed by atoms with Crippen LogP contribution in [0.1, 0.15) is 10.5 Å². The number of carbonyl (C=O) groups excluding carboxylic acids is 2. The molecule has 0 radical (unpaired) electrons. The molecular weight excluding hydrogens is 268 g/mol. The van der Waals surface area contributed by atoms with Crippen LogP contribution >= 0.6 is 11.6 Å². The number of benzene rings is 1. The highest BCUT2D eigenvalue weighted by atomic mass is 35.5. The number of carbonyl (C=O) groups is 2. The maximum Gasteiger partial charge on any atom is 0.333 e. The minimum atomic E-state index is -0.509.